The third kappa shape index (κ3) is 11.2. The van der Waals surface area contributed by atoms with Crippen LogP contribution in [0.5, 0.6) is 0 Å². The third-order valence-corrected chi connectivity index (χ3v) is 4.78. The molecule has 0 fully saturated rings. The summed E-state index contributed by atoms with van der Waals surface area (Å²) in [5, 5.41) is 0. The van der Waals surface area contributed by atoms with E-state index in [0.717, 1.165) is 34.2 Å². The van der Waals surface area contributed by atoms with Gasteiger partial charge in [0.2, 0.25) is 0 Å². The van der Waals surface area contributed by atoms with Gasteiger partial charge in [0.15, 0.2) is 0 Å². The van der Waals surface area contributed by atoms with Crippen LogP contribution < -0.4 is 24.8 Å². The summed E-state index contributed by atoms with van der Waals surface area (Å²) in [6.07, 6.45) is 10.6. The van der Waals surface area contributed by atoms with E-state index in [0.29, 0.717) is 0 Å². The largest absolute Gasteiger partial charge is 2.00 e. The van der Waals surface area contributed by atoms with Crippen LogP contribution in [0, 0.1) is 0 Å². The van der Waals surface area contributed by atoms with Crippen molar-refractivity contribution < 1.29 is 44.3 Å². The summed E-state index contributed by atoms with van der Waals surface area (Å²) in [5.74, 6) is 0. The number of hydrogen-bond donors (Lipinski definition) is 0. The minimum absolute atomic E-state index is 0. The number of halogens is 2. The number of nitrogens with zero attached hydrogens (tertiary/aromatic N) is 6. The van der Waals surface area contributed by atoms with E-state index in [1.165, 1.54) is 0 Å². The first kappa shape index (κ1) is 33.1. The summed E-state index contributed by atoms with van der Waals surface area (Å²) < 4.78 is 0. The second-order valence-electron chi connectivity index (χ2n) is 7.29. The van der Waals surface area contributed by atoms with E-state index in [1.54, 1.807) is 37.2 Å². The number of aromatic nitrogens is 6. The van der Waals surface area contributed by atoms with Gasteiger partial charge in [0.1, 0.15) is 0 Å². The molecule has 0 atom stereocenters. The van der Waals surface area contributed by atoms with Crippen LogP contribution in [0.3, 0.4) is 0 Å². The molecule has 6 heterocycles. The Kier molecular flexibility index (Phi) is 16.3. The van der Waals surface area contributed by atoms with E-state index in [1.807, 2.05) is 109 Å². The summed E-state index contributed by atoms with van der Waals surface area (Å²) in [6, 6.07) is 34.8. The van der Waals surface area contributed by atoms with Gasteiger partial charge in [0.25, 0.3) is 0 Å². The number of pyridine rings is 6. The summed E-state index contributed by atoms with van der Waals surface area (Å²) in [6.45, 7) is 0. The van der Waals surface area contributed by atoms with E-state index in [2.05, 4.69) is 29.9 Å². The standard InChI is InChI=1S/3C10H8N2.2ClH.Rh/c3*1-3-7-11-9(5-1)10-6-2-4-8-12-10;;;/h3*1-8H;2*1H;/q;;;;;+2/p-2. The maximum atomic E-state index is 4.19. The van der Waals surface area contributed by atoms with Gasteiger partial charge >= 0.3 is 19.5 Å². The van der Waals surface area contributed by atoms with Gasteiger partial charge in [-0.15, -0.1) is 0 Å². The predicted molar refractivity (Wildman–Crippen MR) is 142 cm³/mol. The molecule has 0 saturated carbocycles. The van der Waals surface area contributed by atoms with Crippen LogP contribution in [-0.2, 0) is 19.5 Å². The van der Waals surface area contributed by atoms with Crippen molar-refractivity contribution in [3.8, 4) is 34.2 Å². The van der Waals surface area contributed by atoms with Crippen molar-refractivity contribution in [1.82, 2.24) is 29.9 Å². The van der Waals surface area contributed by atoms with E-state index < -0.39 is 0 Å². The molecule has 1 radical (unpaired) electrons. The predicted octanol–water partition coefficient (Wildman–Crippen LogP) is 0.436. The molecular weight excluding hydrogens is 618 g/mol. The van der Waals surface area contributed by atoms with Crippen molar-refractivity contribution in [1.29, 1.82) is 0 Å². The topological polar surface area (TPSA) is 77.3 Å². The van der Waals surface area contributed by atoms with Gasteiger partial charge < -0.3 is 24.8 Å². The molecule has 6 aromatic heterocycles. The average molecular weight is 642 g/mol. The van der Waals surface area contributed by atoms with Crippen LogP contribution in [0.15, 0.2) is 146 Å². The Morgan fingerprint density at radius 1 is 0.256 bits per heavy atom. The van der Waals surface area contributed by atoms with Gasteiger partial charge in [0, 0.05) is 37.2 Å². The molecule has 6 aromatic rings. The molecule has 9 heteroatoms. The molecule has 0 bridgehead atoms. The van der Waals surface area contributed by atoms with Crippen LogP contribution in [0.1, 0.15) is 0 Å². The fourth-order valence-corrected chi connectivity index (χ4v) is 3.09. The third-order valence-electron chi connectivity index (χ3n) is 4.78. The zero-order chi connectivity index (χ0) is 24.7. The second-order valence-corrected chi connectivity index (χ2v) is 7.29. The average Bonchev–Trinajstić information content (AvgIpc) is 3.01. The molecule has 0 aromatic carbocycles. The SMILES string of the molecule is [Cl-].[Cl-].[Rh+2].c1ccc(-c2ccccn2)nc1.c1ccc(-c2ccccn2)nc1.c1ccc(-c2ccccn2)nc1. The van der Waals surface area contributed by atoms with Crippen molar-refractivity contribution in [2.24, 2.45) is 0 Å². The van der Waals surface area contributed by atoms with Crippen molar-refractivity contribution >= 4 is 0 Å². The fraction of sp³-hybridized carbons (Fsp3) is 0. The minimum Gasteiger partial charge on any atom is -1.00 e. The summed E-state index contributed by atoms with van der Waals surface area (Å²) in [4.78, 5) is 25.1. The summed E-state index contributed by atoms with van der Waals surface area (Å²) in [5.41, 5.74) is 5.49. The van der Waals surface area contributed by atoms with E-state index in [9.17, 15) is 0 Å². The normalized spacial score (nSPS) is 8.92. The molecule has 0 saturated heterocycles. The monoisotopic (exact) mass is 641 g/mol. The van der Waals surface area contributed by atoms with Crippen molar-refractivity contribution in [2.75, 3.05) is 0 Å². The molecule has 0 aliphatic heterocycles. The number of rotatable bonds is 3. The van der Waals surface area contributed by atoms with Gasteiger partial charge in [0.05, 0.1) is 34.2 Å². The smallest absolute Gasteiger partial charge is 1.00 e. The molecule has 0 aliphatic rings. The van der Waals surface area contributed by atoms with Crippen molar-refractivity contribution in [2.45, 2.75) is 0 Å². The first-order valence-corrected chi connectivity index (χ1v) is 11.4. The zero-order valence-corrected chi connectivity index (χ0v) is 23.8. The van der Waals surface area contributed by atoms with Crippen LogP contribution in [0.25, 0.3) is 34.2 Å². The number of hydrogen-bond acceptors (Lipinski definition) is 6. The molecule has 39 heavy (non-hydrogen) atoms. The molecule has 197 valence electrons. The van der Waals surface area contributed by atoms with Crippen LogP contribution in [0.4, 0.5) is 0 Å². The van der Waals surface area contributed by atoms with E-state index in [-0.39, 0.29) is 44.3 Å². The van der Waals surface area contributed by atoms with Gasteiger partial charge in [-0.05, 0) is 72.8 Å². The summed E-state index contributed by atoms with van der Waals surface area (Å²) >= 11 is 0. The van der Waals surface area contributed by atoms with Crippen LogP contribution in [0.2, 0.25) is 0 Å². The Morgan fingerprint density at radius 3 is 0.513 bits per heavy atom. The van der Waals surface area contributed by atoms with Gasteiger partial charge in [-0.25, -0.2) is 0 Å². The van der Waals surface area contributed by atoms with E-state index >= 15 is 0 Å². The molecule has 6 nitrogen and oxygen atoms in total. The molecule has 0 N–H and O–H groups in total. The quantitative estimate of drug-likeness (QED) is 0.261. The Morgan fingerprint density at radius 2 is 0.410 bits per heavy atom. The Hall–Kier alpha value is -3.90. The van der Waals surface area contributed by atoms with Gasteiger partial charge in [-0.3, -0.25) is 29.9 Å². The zero-order valence-electron chi connectivity index (χ0n) is 20.6. The first-order chi connectivity index (χ1) is 17.9. The van der Waals surface area contributed by atoms with Gasteiger partial charge in [-0.2, -0.15) is 0 Å². The van der Waals surface area contributed by atoms with E-state index in [4.69, 9.17) is 0 Å². The van der Waals surface area contributed by atoms with Crippen LogP contribution >= 0.6 is 0 Å². The summed E-state index contributed by atoms with van der Waals surface area (Å²) in [7, 11) is 0. The second kappa shape index (κ2) is 19.2. The Balaban J connectivity index is 0.000000282. The van der Waals surface area contributed by atoms with Crippen LogP contribution in [-0.4, -0.2) is 29.9 Å². The first-order valence-electron chi connectivity index (χ1n) is 11.4. The fourth-order valence-electron chi connectivity index (χ4n) is 3.09. The van der Waals surface area contributed by atoms with Crippen molar-refractivity contribution in [3.63, 3.8) is 0 Å². The molecule has 0 aliphatic carbocycles. The maximum Gasteiger partial charge on any atom is 2.00 e. The molecule has 6 rings (SSSR count). The Bertz CT molecular complexity index is 1110. The molecule has 0 spiro atoms. The van der Waals surface area contributed by atoms with Crippen molar-refractivity contribution in [3.05, 3.63) is 146 Å². The van der Waals surface area contributed by atoms with Gasteiger partial charge in [-0.1, -0.05) is 36.4 Å². The molecule has 0 amide bonds. The maximum absolute atomic E-state index is 4.19. The Labute approximate surface area is 253 Å². The molecular formula is C30H24Cl2N6Rh. The molecule has 0 unspecified atom stereocenters. The minimum atomic E-state index is 0.